The Balaban J connectivity index is 1.49. The monoisotopic (exact) mass is 468 g/mol. The Labute approximate surface area is 193 Å². The third-order valence-electron chi connectivity index (χ3n) is 5.76. The van der Waals surface area contributed by atoms with Gasteiger partial charge in [-0.2, -0.15) is 0 Å². The van der Waals surface area contributed by atoms with Crippen LogP contribution in [-0.4, -0.2) is 109 Å². The molecule has 170 valence electrons. The number of piperazine rings is 1. The van der Waals surface area contributed by atoms with Gasteiger partial charge < -0.3 is 19.8 Å². The number of amides is 2. The Bertz CT molecular complexity index is 812. The Morgan fingerprint density at radius 1 is 1.06 bits per heavy atom. The van der Waals surface area contributed by atoms with Gasteiger partial charge in [0, 0.05) is 71.4 Å². The number of hydrogen-bond acceptors (Lipinski definition) is 5. The van der Waals surface area contributed by atoms with Gasteiger partial charge in [0.2, 0.25) is 11.8 Å². The molecule has 9 heteroatoms. The van der Waals surface area contributed by atoms with Crippen molar-refractivity contribution in [2.75, 3.05) is 66.0 Å². The van der Waals surface area contributed by atoms with Crippen molar-refractivity contribution in [2.45, 2.75) is 12.5 Å². The Morgan fingerprint density at radius 2 is 1.81 bits per heavy atom. The first kappa shape index (κ1) is 24.0. The second-order valence-electron chi connectivity index (χ2n) is 8.18. The van der Waals surface area contributed by atoms with Gasteiger partial charge in [0.1, 0.15) is 0 Å². The number of halogens is 2. The minimum absolute atomic E-state index is 0.0267. The summed E-state index contributed by atoms with van der Waals surface area (Å²) >= 11 is 11.9. The molecule has 2 heterocycles. The van der Waals surface area contributed by atoms with E-state index in [0.29, 0.717) is 42.8 Å². The van der Waals surface area contributed by atoms with Crippen LogP contribution in [0.2, 0.25) is 10.0 Å². The predicted molar refractivity (Wildman–Crippen MR) is 123 cm³/mol. The maximum atomic E-state index is 12.6. The number of β-amino-alcohol motifs (C(OH)–C–C–N with tert-alkyl or cyclic N) is 1. The fourth-order valence-electron chi connectivity index (χ4n) is 3.81. The maximum absolute atomic E-state index is 12.6. The van der Waals surface area contributed by atoms with E-state index >= 15 is 0 Å². The van der Waals surface area contributed by atoms with Gasteiger partial charge in [-0.15, -0.1) is 0 Å². The van der Waals surface area contributed by atoms with Crippen LogP contribution in [0.25, 0.3) is 6.08 Å². The minimum atomic E-state index is -0.593. The fraction of sp³-hybridized carbons (Fsp3) is 0.545. The lowest BCUT2D eigenvalue weighted by atomic mass is 10.2. The molecule has 0 bridgehead atoms. The van der Waals surface area contributed by atoms with Crippen molar-refractivity contribution in [3.05, 3.63) is 39.9 Å². The summed E-state index contributed by atoms with van der Waals surface area (Å²) in [6.07, 6.45) is 2.84. The molecule has 0 aromatic heterocycles. The highest BCUT2D eigenvalue weighted by atomic mass is 35.5. The standard InChI is InChI=1S/C22H30Cl2N4O3/c1-25-8-10-26(11-9-25)15-18(29)16-28-13-12-27(7-6-22(28)31)21(30)5-3-17-2-4-19(23)20(24)14-17/h2-5,14,18,29H,6-13,15-16H2,1H3/b5-3+. The van der Waals surface area contributed by atoms with E-state index in [9.17, 15) is 14.7 Å². The quantitative estimate of drug-likeness (QED) is 0.643. The largest absolute Gasteiger partial charge is 0.390 e. The molecule has 1 aromatic carbocycles. The molecular weight excluding hydrogens is 439 g/mol. The highest BCUT2D eigenvalue weighted by molar-refractivity contribution is 6.42. The SMILES string of the molecule is CN1CCN(CC(O)CN2CCN(C(=O)/C=C/c3ccc(Cl)c(Cl)c3)CCC2=O)CC1. The molecule has 1 unspecified atom stereocenters. The zero-order chi connectivity index (χ0) is 22.4. The average molecular weight is 469 g/mol. The van der Waals surface area contributed by atoms with Crippen molar-refractivity contribution >= 4 is 41.1 Å². The molecule has 31 heavy (non-hydrogen) atoms. The van der Waals surface area contributed by atoms with Crippen molar-refractivity contribution < 1.29 is 14.7 Å². The van der Waals surface area contributed by atoms with Gasteiger partial charge in [-0.05, 0) is 30.8 Å². The van der Waals surface area contributed by atoms with Crippen LogP contribution >= 0.6 is 23.2 Å². The first-order chi connectivity index (χ1) is 14.8. The lowest BCUT2D eigenvalue weighted by Gasteiger charge is -2.34. The summed E-state index contributed by atoms with van der Waals surface area (Å²) in [5, 5.41) is 11.4. The molecule has 2 aliphatic rings. The van der Waals surface area contributed by atoms with E-state index in [4.69, 9.17) is 23.2 Å². The van der Waals surface area contributed by atoms with Crippen LogP contribution in [0.15, 0.2) is 24.3 Å². The fourth-order valence-corrected chi connectivity index (χ4v) is 4.12. The molecule has 0 saturated carbocycles. The first-order valence-electron chi connectivity index (χ1n) is 10.6. The van der Waals surface area contributed by atoms with Crippen molar-refractivity contribution in [1.29, 1.82) is 0 Å². The Morgan fingerprint density at radius 3 is 2.52 bits per heavy atom. The summed E-state index contributed by atoms with van der Waals surface area (Å²) in [6.45, 7) is 5.92. The van der Waals surface area contributed by atoms with Crippen LogP contribution in [-0.2, 0) is 9.59 Å². The van der Waals surface area contributed by atoms with Gasteiger partial charge in [-0.25, -0.2) is 0 Å². The van der Waals surface area contributed by atoms with Gasteiger partial charge in [-0.1, -0.05) is 29.3 Å². The van der Waals surface area contributed by atoms with Crippen LogP contribution in [0.1, 0.15) is 12.0 Å². The number of aliphatic hydroxyl groups excluding tert-OH is 1. The summed E-state index contributed by atoms with van der Waals surface area (Å²) in [5.74, 6) is -0.181. The number of benzene rings is 1. The second-order valence-corrected chi connectivity index (χ2v) is 8.99. The zero-order valence-corrected chi connectivity index (χ0v) is 19.4. The molecule has 3 rings (SSSR count). The van der Waals surface area contributed by atoms with Gasteiger partial charge in [0.05, 0.1) is 16.1 Å². The molecule has 2 fully saturated rings. The Kier molecular flexibility index (Phi) is 8.75. The summed E-state index contributed by atoms with van der Waals surface area (Å²) in [6, 6.07) is 5.17. The third kappa shape index (κ3) is 7.19. The highest BCUT2D eigenvalue weighted by Crippen LogP contribution is 2.23. The van der Waals surface area contributed by atoms with Crippen molar-refractivity contribution in [1.82, 2.24) is 19.6 Å². The number of rotatable bonds is 6. The lowest BCUT2D eigenvalue weighted by molar-refractivity contribution is -0.131. The van der Waals surface area contributed by atoms with E-state index in [0.717, 1.165) is 31.7 Å². The summed E-state index contributed by atoms with van der Waals surface area (Å²) < 4.78 is 0. The second kappa shape index (κ2) is 11.3. The number of carbonyl (C=O) groups is 2. The molecule has 1 N–H and O–H groups in total. The van der Waals surface area contributed by atoms with E-state index in [1.54, 1.807) is 34.1 Å². The number of aliphatic hydroxyl groups is 1. The Hall–Kier alpha value is -1.64. The van der Waals surface area contributed by atoms with Crippen LogP contribution in [0, 0.1) is 0 Å². The molecule has 2 aliphatic heterocycles. The molecule has 0 spiro atoms. The number of hydrogen-bond donors (Lipinski definition) is 1. The lowest BCUT2D eigenvalue weighted by Crippen LogP contribution is -2.49. The van der Waals surface area contributed by atoms with E-state index in [1.807, 2.05) is 0 Å². The molecule has 2 amide bonds. The predicted octanol–water partition coefficient (Wildman–Crippen LogP) is 1.68. The van der Waals surface area contributed by atoms with Gasteiger partial charge in [0.15, 0.2) is 0 Å². The van der Waals surface area contributed by atoms with E-state index < -0.39 is 6.10 Å². The summed E-state index contributed by atoms with van der Waals surface area (Å²) in [7, 11) is 2.09. The minimum Gasteiger partial charge on any atom is -0.390 e. The smallest absolute Gasteiger partial charge is 0.246 e. The van der Waals surface area contributed by atoms with Crippen LogP contribution in [0.3, 0.4) is 0 Å². The molecule has 7 nitrogen and oxygen atoms in total. The molecule has 2 saturated heterocycles. The average Bonchev–Trinajstić information content (AvgIpc) is 2.92. The van der Waals surface area contributed by atoms with Crippen molar-refractivity contribution in [2.24, 2.45) is 0 Å². The van der Waals surface area contributed by atoms with Gasteiger partial charge in [0.25, 0.3) is 0 Å². The van der Waals surface area contributed by atoms with Crippen LogP contribution in [0.4, 0.5) is 0 Å². The van der Waals surface area contributed by atoms with Crippen molar-refractivity contribution in [3.63, 3.8) is 0 Å². The van der Waals surface area contributed by atoms with Crippen LogP contribution in [0.5, 0.6) is 0 Å². The molecular formula is C22H30Cl2N4O3. The summed E-state index contributed by atoms with van der Waals surface area (Å²) in [4.78, 5) is 32.9. The molecule has 1 aromatic rings. The molecule has 1 atom stereocenters. The maximum Gasteiger partial charge on any atom is 0.246 e. The third-order valence-corrected chi connectivity index (χ3v) is 6.50. The van der Waals surface area contributed by atoms with Gasteiger partial charge in [-0.3, -0.25) is 14.5 Å². The van der Waals surface area contributed by atoms with Gasteiger partial charge >= 0.3 is 0 Å². The number of likely N-dealkylation sites (N-methyl/N-ethyl adjacent to an activating group) is 1. The normalized spacial score (nSPS) is 20.3. The highest BCUT2D eigenvalue weighted by Gasteiger charge is 2.25. The molecule has 0 radical (unpaired) electrons. The van der Waals surface area contributed by atoms with E-state index in [-0.39, 0.29) is 18.2 Å². The topological polar surface area (TPSA) is 67.3 Å². The number of nitrogens with zero attached hydrogens (tertiary/aromatic N) is 4. The van der Waals surface area contributed by atoms with Crippen LogP contribution < -0.4 is 0 Å². The number of carbonyl (C=O) groups excluding carboxylic acids is 2. The molecule has 0 aliphatic carbocycles. The van der Waals surface area contributed by atoms with E-state index in [1.165, 1.54) is 6.08 Å². The zero-order valence-electron chi connectivity index (χ0n) is 17.8. The van der Waals surface area contributed by atoms with Crippen molar-refractivity contribution in [3.8, 4) is 0 Å². The summed E-state index contributed by atoms with van der Waals surface area (Å²) in [5.41, 5.74) is 0.780. The van der Waals surface area contributed by atoms with E-state index in [2.05, 4.69) is 16.8 Å². The first-order valence-corrected chi connectivity index (χ1v) is 11.4.